The van der Waals surface area contributed by atoms with Gasteiger partial charge in [-0.3, -0.25) is 19.8 Å². The van der Waals surface area contributed by atoms with E-state index in [9.17, 15) is 9.59 Å². The molecule has 0 aliphatic carbocycles. The molecule has 20 heavy (non-hydrogen) atoms. The van der Waals surface area contributed by atoms with Gasteiger partial charge in [0.2, 0.25) is 11.8 Å². The van der Waals surface area contributed by atoms with Crippen molar-refractivity contribution in [2.24, 2.45) is 0 Å². The lowest BCUT2D eigenvalue weighted by Crippen LogP contribution is -2.56. The summed E-state index contributed by atoms with van der Waals surface area (Å²) in [5.74, 6) is -0.0888. The van der Waals surface area contributed by atoms with Crippen molar-refractivity contribution in [2.45, 2.75) is 19.5 Å². The van der Waals surface area contributed by atoms with E-state index in [-0.39, 0.29) is 24.4 Å². The third-order valence-corrected chi connectivity index (χ3v) is 3.31. The van der Waals surface area contributed by atoms with Crippen LogP contribution in [0.1, 0.15) is 18.1 Å². The minimum absolute atomic E-state index is 0.167. The molecule has 1 aliphatic heterocycles. The fraction of sp³-hybridized carbons (Fsp3) is 0.357. The van der Waals surface area contributed by atoms with Gasteiger partial charge in [-0.05, 0) is 24.6 Å². The van der Waals surface area contributed by atoms with E-state index < -0.39 is 0 Å². The molecule has 1 atom stereocenters. The Morgan fingerprint density at radius 1 is 1.50 bits per heavy atom. The molecule has 6 nitrogen and oxygen atoms in total. The highest BCUT2D eigenvalue weighted by Crippen LogP contribution is 2.20. The van der Waals surface area contributed by atoms with Crippen LogP contribution >= 0.6 is 0 Å². The number of ether oxygens (including phenoxy) is 1. The molecule has 2 rings (SSSR count). The summed E-state index contributed by atoms with van der Waals surface area (Å²) < 4.78 is 5.08. The van der Waals surface area contributed by atoms with E-state index in [2.05, 4.69) is 11.4 Å². The van der Waals surface area contributed by atoms with Gasteiger partial charge < -0.3 is 4.74 Å². The molecule has 6 heteroatoms. The predicted octanol–water partition coefficient (Wildman–Crippen LogP) is 0.414. The van der Waals surface area contributed by atoms with Crippen molar-refractivity contribution in [3.63, 3.8) is 0 Å². The highest BCUT2D eigenvalue weighted by molar-refractivity contribution is 6.00. The maximum atomic E-state index is 11.6. The maximum Gasteiger partial charge on any atom is 0.243 e. The molecule has 0 radical (unpaired) electrons. The van der Waals surface area contributed by atoms with Gasteiger partial charge in [0.05, 0.1) is 25.3 Å². The van der Waals surface area contributed by atoms with E-state index in [0.717, 1.165) is 5.56 Å². The summed E-state index contributed by atoms with van der Waals surface area (Å²) in [5, 5.41) is 11.3. The Labute approximate surface area is 116 Å². The summed E-state index contributed by atoms with van der Waals surface area (Å²) in [4.78, 5) is 24.7. The number of amides is 2. The number of nitrogens with zero attached hydrogens (tertiary/aromatic N) is 2. The van der Waals surface area contributed by atoms with E-state index in [1.54, 1.807) is 24.0 Å². The zero-order valence-electron chi connectivity index (χ0n) is 11.3. The largest absolute Gasteiger partial charge is 0.495 e. The van der Waals surface area contributed by atoms with E-state index >= 15 is 0 Å². The Hall–Kier alpha value is -2.39. The standard InChI is InChI=1S/C14H15N3O3/c1-9-14(19)16-13(18)8-17(9)7-10-3-4-12(20-2)11(5-10)6-15/h3-5,9H,7-8H2,1-2H3,(H,16,18,19). The lowest BCUT2D eigenvalue weighted by Gasteiger charge is -2.31. The van der Waals surface area contributed by atoms with Gasteiger partial charge in [-0.25, -0.2) is 0 Å². The van der Waals surface area contributed by atoms with Crippen LogP contribution in [-0.4, -0.2) is 36.4 Å². The number of methoxy groups -OCH3 is 1. The van der Waals surface area contributed by atoms with Crippen molar-refractivity contribution in [2.75, 3.05) is 13.7 Å². The first-order chi connectivity index (χ1) is 9.55. The van der Waals surface area contributed by atoms with Crippen LogP contribution in [0.3, 0.4) is 0 Å². The Bertz CT molecular complexity index is 592. The van der Waals surface area contributed by atoms with Gasteiger partial charge in [0.1, 0.15) is 11.8 Å². The average molecular weight is 273 g/mol. The molecule has 1 aromatic carbocycles. The first kappa shape index (κ1) is 14.0. The molecule has 1 heterocycles. The molecule has 1 aliphatic rings. The van der Waals surface area contributed by atoms with Crippen molar-refractivity contribution in [3.8, 4) is 11.8 Å². The quantitative estimate of drug-likeness (QED) is 0.807. The summed E-state index contributed by atoms with van der Waals surface area (Å²) in [5.41, 5.74) is 1.29. The lowest BCUT2D eigenvalue weighted by atomic mass is 10.1. The fourth-order valence-corrected chi connectivity index (χ4v) is 2.14. The summed E-state index contributed by atoms with van der Waals surface area (Å²) in [6, 6.07) is 6.93. The highest BCUT2D eigenvalue weighted by Gasteiger charge is 2.30. The van der Waals surface area contributed by atoms with Crippen molar-refractivity contribution in [1.29, 1.82) is 5.26 Å². The number of benzene rings is 1. The number of nitriles is 1. The molecule has 1 fully saturated rings. The number of hydrogen-bond donors (Lipinski definition) is 1. The smallest absolute Gasteiger partial charge is 0.243 e. The summed E-state index contributed by atoms with van der Waals surface area (Å²) in [6.45, 7) is 2.34. The summed E-state index contributed by atoms with van der Waals surface area (Å²) in [7, 11) is 1.51. The van der Waals surface area contributed by atoms with E-state index in [1.807, 2.05) is 6.07 Å². The van der Waals surface area contributed by atoms with Crippen molar-refractivity contribution < 1.29 is 14.3 Å². The van der Waals surface area contributed by atoms with Crippen LogP contribution in [0.2, 0.25) is 0 Å². The summed E-state index contributed by atoms with van der Waals surface area (Å²) in [6.07, 6.45) is 0. The molecular weight excluding hydrogens is 258 g/mol. The molecular formula is C14H15N3O3. The van der Waals surface area contributed by atoms with Crippen molar-refractivity contribution in [3.05, 3.63) is 29.3 Å². The van der Waals surface area contributed by atoms with E-state index in [1.165, 1.54) is 7.11 Å². The first-order valence-corrected chi connectivity index (χ1v) is 6.20. The molecule has 1 unspecified atom stereocenters. The molecule has 0 aromatic heterocycles. The zero-order chi connectivity index (χ0) is 14.7. The zero-order valence-corrected chi connectivity index (χ0v) is 11.3. The van der Waals surface area contributed by atoms with Crippen LogP contribution in [0.5, 0.6) is 5.75 Å². The second-order valence-corrected chi connectivity index (χ2v) is 4.64. The van der Waals surface area contributed by atoms with Gasteiger partial charge in [0.15, 0.2) is 0 Å². The van der Waals surface area contributed by atoms with Gasteiger partial charge in [-0.1, -0.05) is 6.07 Å². The normalized spacial score (nSPS) is 19.4. The van der Waals surface area contributed by atoms with Crippen LogP contribution in [0.4, 0.5) is 0 Å². The number of piperazine rings is 1. The minimum atomic E-state index is -0.375. The number of carbonyl (C=O) groups is 2. The van der Waals surface area contributed by atoms with Crippen LogP contribution in [0.25, 0.3) is 0 Å². The molecule has 0 spiro atoms. The number of rotatable bonds is 3. The van der Waals surface area contributed by atoms with Crippen molar-refractivity contribution in [1.82, 2.24) is 10.2 Å². The highest BCUT2D eigenvalue weighted by atomic mass is 16.5. The van der Waals surface area contributed by atoms with Crippen LogP contribution in [0.15, 0.2) is 18.2 Å². The molecule has 104 valence electrons. The Morgan fingerprint density at radius 3 is 2.90 bits per heavy atom. The molecule has 1 saturated heterocycles. The third-order valence-electron chi connectivity index (χ3n) is 3.31. The fourth-order valence-electron chi connectivity index (χ4n) is 2.14. The number of hydrogen-bond acceptors (Lipinski definition) is 5. The Kier molecular flexibility index (Phi) is 4.01. The first-order valence-electron chi connectivity index (χ1n) is 6.20. The van der Waals surface area contributed by atoms with Gasteiger partial charge in [-0.15, -0.1) is 0 Å². The van der Waals surface area contributed by atoms with Gasteiger partial charge >= 0.3 is 0 Å². The van der Waals surface area contributed by atoms with Crippen LogP contribution in [-0.2, 0) is 16.1 Å². The molecule has 1 N–H and O–H groups in total. The Morgan fingerprint density at radius 2 is 2.25 bits per heavy atom. The summed E-state index contributed by atoms with van der Waals surface area (Å²) >= 11 is 0. The second kappa shape index (κ2) is 5.72. The molecule has 0 saturated carbocycles. The van der Waals surface area contributed by atoms with Gasteiger partial charge in [-0.2, -0.15) is 5.26 Å². The molecule has 1 aromatic rings. The van der Waals surface area contributed by atoms with E-state index in [4.69, 9.17) is 10.00 Å². The monoisotopic (exact) mass is 273 g/mol. The minimum Gasteiger partial charge on any atom is -0.495 e. The number of imide groups is 1. The maximum absolute atomic E-state index is 11.6. The number of carbonyl (C=O) groups excluding carboxylic acids is 2. The topological polar surface area (TPSA) is 82.4 Å². The van der Waals surface area contributed by atoms with Crippen LogP contribution in [0, 0.1) is 11.3 Å². The molecule has 0 bridgehead atoms. The number of nitrogens with one attached hydrogen (secondary N) is 1. The van der Waals surface area contributed by atoms with Crippen molar-refractivity contribution >= 4 is 11.8 Å². The van der Waals surface area contributed by atoms with Gasteiger partial charge in [0, 0.05) is 6.54 Å². The second-order valence-electron chi connectivity index (χ2n) is 4.64. The molecule has 2 amide bonds. The lowest BCUT2D eigenvalue weighted by molar-refractivity contribution is -0.139. The predicted molar refractivity (Wildman–Crippen MR) is 70.7 cm³/mol. The van der Waals surface area contributed by atoms with E-state index in [0.29, 0.717) is 17.9 Å². The third kappa shape index (κ3) is 2.78. The van der Waals surface area contributed by atoms with Gasteiger partial charge in [0.25, 0.3) is 0 Å². The Balaban J connectivity index is 2.19. The van der Waals surface area contributed by atoms with Crippen LogP contribution < -0.4 is 10.1 Å². The SMILES string of the molecule is COc1ccc(CN2CC(=O)NC(=O)C2C)cc1C#N. The average Bonchev–Trinajstić information content (AvgIpc) is 2.44.